The molecule has 4 N–H and O–H groups in total. The number of hydrogen-bond acceptors (Lipinski definition) is 2. The lowest BCUT2D eigenvalue weighted by molar-refractivity contribution is 0.403. The van der Waals surface area contributed by atoms with Crippen molar-refractivity contribution in [3.63, 3.8) is 0 Å². The highest BCUT2D eigenvalue weighted by atomic mass is 31.1. The molecule has 0 aromatic heterocycles. The van der Waals surface area contributed by atoms with Crippen LogP contribution in [0, 0.1) is 0 Å². The highest BCUT2D eigenvalue weighted by molar-refractivity contribution is 7.31. The van der Waals surface area contributed by atoms with Crippen LogP contribution in [-0.4, -0.2) is 19.6 Å². The Balaban J connectivity index is 0.000000380. The molecule has 0 amide bonds. The summed E-state index contributed by atoms with van der Waals surface area (Å²) in [6.45, 7) is 0. The number of rotatable bonds is 1. The van der Waals surface area contributed by atoms with E-state index in [9.17, 15) is 0 Å². The van der Waals surface area contributed by atoms with Crippen LogP contribution in [0.1, 0.15) is 0 Å². The van der Waals surface area contributed by atoms with Crippen LogP contribution in [0.4, 0.5) is 0 Å². The van der Waals surface area contributed by atoms with E-state index in [4.69, 9.17) is 28.7 Å². The predicted molar refractivity (Wildman–Crippen MR) is 78.8 cm³/mol. The Morgan fingerprint density at radius 1 is 0.550 bits per heavy atom. The van der Waals surface area contributed by atoms with Gasteiger partial charge in [-0.1, -0.05) is 60.7 Å². The normalized spacial score (nSPS) is 9.30. The Labute approximate surface area is 117 Å². The Kier molecular flexibility index (Phi) is 10.8. The SMILES string of the molecule is O=[PH](O)O.O=[PH](O)O.c1ccc(-c2ccccc2)cc1. The third-order valence-corrected chi connectivity index (χ3v) is 1.88. The van der Waals surface area contributed by atoms with E-state index < -0.39 is 16.5 Å². The van der Waals surface area contributed by atoms with Crippen LogP contribution in [0.25, 0.3) is 11.1 Å². The van der Waals surface area contributed by atoms with Gasteiger partial charge in [0.05, 0.1) is 0 Å². The van der Waals surface area contributed by atoms with Crippen molar-refractivity contribution in [1.29, 1.82) is 0 Å². The maximum atomic E-state index is 8.74. The van der Waals surface area contributed by atoms with E-state index in [1.807, 2.05) is 12.1 Å². The van der Waals surface area contributed by atoms with Gasteiger partial charge in [-0.2, -0.15) is 0 Å². The van der Waals surface area contributed by atoms with Crippen LogP contribution >= 0.6 is 16.5 Å². The molecule has 6 nitrogen and oxygen atoms in total. The maximum Gasteiger partial charge on any atom is 0.314 e. The molecule has 0 fully saturated rings. The van der Waals surface area contributed by atoms with Gasteiger partial charge in [0.1, 0.15) is 0 Å². The van der Waals surface area contributed by atoms with Gasteiger partial charge in [-0.25, -0.2) is 0 Å². The minimum absolute atomic E-state index is 1.28. The largest absolute Gasteiger partial charge is 0.326 e. The summed E-state index contributed by atoms with van der Waals surface area (Å²) in [4.78, 5) is 28.6. The molecule has 2 aromatic carbocycles. The molecule has 20 heavy (non-hydrogen) atoms. The zero-order valence-corrected chi connectivity index (χ0v) is 12.4. The third kappa shape index (κ3) is 11.8. The van der Waals surface area contributed by atoms with E-state index in [1.54, 1.807) is 0 Å². The smallest absolute Gasteiger partial charge is 0.314 e. The van der Waals surface area contributed by atoms with Crippen molar-refractivity contribution >= 4 is 16.5 Å². The summed E-state index contributed by atoms with van der Waals surface area (Å²) in [7, 11) is -6.26. The first-order valence-corrected chi connectivity index (χ1v) is 7.98. The summed E-state index contributed by atoms with van der Waals surface area (Å²) in [5.41, 5.74) is 2.55. The molecule has 0 atom stereocenters. The monoisotopic (exact) mass is 318 g/mol. The molecule has 0 saturated carbocycles. The minimum atomic E-state index is -3.13. The molecule has 0 aliphatic rings. The Morgan fingerprint density at radius 3 is 0.950 bits per heavy atom. The second-order valence-electron chi connectivity index (χ2n) is 3.30. The van der Waals surface area contributed by atoms with Crippen LogP contribution in [-0.2, 0) is 9.13 Å². The lowest BCUT2D eigenvalue weighted by atomic mass is 10.1. The molecule has 8 heteroatoms. The second kappa shape index (κ2) is 11.6. The molecule has 2 rings (SSSR count). The second-order valence-corrected chi connectivity index (χ2v) is 4.43. The van der Waals surface area contributed by atoms with Crippen LogP contribution in [0.2, 0.25) is 0 Å². The molecule has 0 radical (unpaired) electrons. The maximum absolute atomic E-state index is 8.74. The van der Waals surface area contributed by atoms with Gasteiger partial charge >= 0.3 is 16.5 Å². The Bertz CT molecular complexity index is 460. The number of benzene rings is 2. The molecule has 0 unspecified atom stereocenters. The first kappa shape index (κ1) is 18.7. The van der Waals surface area contributed by atoms with Gasteiger partial charge in [0, 0.05) is 0 Å². The molecular formula is C12H16O6P2. The zero-order valence-electron chi connectivity index (χ0n) is 10.4. The summed E-state index contributed by atoms with van der Waals surface area (Å²) in [5, 5.41) is 0. The molecule has 0 spiro atoms. The molecular weight excluding hydrogens is 302 g/mol. The van der Waals surface area contributed by atoms with Crippen LogP contribution in [0.3, 0.4) is 0 Å². The summed E-state index contributed by atoms with van der Waals surface area (Å²) >= 11 is 0. The Hall–Kier alpha value is -1.26. The van der Waals surface area contributed by atoms with Gasteiger partial charge in [0.25, 0.3) is 0 Å². The summed E-state index contributed by atoms with van der Waals surface area (Å²) in [5.74, 6) is 0. The third-order valence-electron chi connectivity index (χ3n) is 1.88. The molecule has 0 heterocycles. The van der Waals surface area contributed by atoms with E-state index in [2.05, 4.69) is 48.5 Å². The van der Waals surface area contributed by atoms with Crippen molar-refractivity contribution in [1.82, 2.24) is 0 Å². The highest BCUT2D eigenvalue weighted by Crippen LogP contribution is 2.17. The summed E-state index contributed by atoms with van der Waals surface area (Å²) in [6.07, 6.45) is 0. The average molecular weight is 318 g/mol. The molecule has 110 valence electrons. The van der Waals surface area contributed by atoms with Gasteiger partial charge in [-0.3, -0.25) is 9.13 Å². The van der Waals surface area contributed by atoms with Crippen molar-refractivity contribution in [2.45, 2.75) is 0 Å². The fourth-order valence-electron chi connectivity index (χ4n) is 1.26. The van der Waals surface area contributed by atoms with E-state index in [0.29, 0.717) is 0 Å². The van der Waals surface area contributed by atoms with Gasteiger partial charge in [0.15, 0.2) is 0 Å². The lowest BCUT2D eigenvalue weighted by Gasteiger charge is -1.98. The first-order chi connectivity index (χ1) is 9.43. The van der Waals surface area contributed by atoms with Crippen molar-refractivity contribution in [2.75, 3.05) is 0 Å². The first-order valence-electron chi connectivity index (χ1n) is 5.37. The summed E-state index contributed by atoms with van der Waals surface area (Å²) in [6, 6.07) is 20.8. The topological polar surface area (TPSA) is 115 Å². The van der Waals surface area contributed by atoms with Crippen molar-refractivity contribution in [3.8, 4) is 11.1 Å². The van der Waals surface area contributed by atoms with Gasteiger partial charge in [0.2, 0.25) is 0 Å². The average Bonchev–Trinajstić information content (AvgIpc) is 2.39. The standard InChI is InChI=1S/C12H10.2H3O3P/c1-3-7-11(8-4-1)12-9-5-2-6-10-12;2*1-4(2)3/h1-10H;2*4H,(H2,1,2,3). The zero-order chi connectivity index (χ0) is 15.4. The number of hydrogen-bond donors (Lipinski definition) is 4. The summed E-state index contributed by atoms with van der Waals surface area (Å²) < 4.78 is 17.5. The van der Waals surface area contributed by atoms with Crippen LogP contribution < -0.4 is 0 Å². The van der Waals surface area contributed by atoms with Gasteiger partial charge in [-0.15, -0.1) is 0 Å². The van der Waals surface area contributed by atoms with E-state index in [0.717, 1.165) is 0 Å². The highest BCUT2D eigenvalue weighted by Gasteiger charge is 1.91. The van der Waals surface area contributed by atoms with Crippen LogP contribution in [0.5, 0.6) is 0 Å². The molecule has 0 aliphatic carbocycles. The minimum Gasteiger partial charge on any atom is -0.326 e. The quantitative estimate of drug-likeness (QED) is 0.598. The van der Waals surface area contributed by atoms with Crippen molar-refractivity contribution in [3.05, 3.63) is 60.7 Å². The fraction of sp³-hybridized carbons (Fsp3) is 0. The van der Waals surface area contributed by atoms with Crippen molar-refractivity contribution in [2.24, 2.45) is 0 Å². The van der Waals surface area contributed by atoms with E-state index >= 15 is 0 Å². The molecule has 0 bridgehead atoms. The lowest BCUT2D eigenvalue weighted by Crippen LogP contribution is -1.73. The van der Waals surface area contributed by atoms with Crippen molar-refractivity contribution < 1.29 is 28.7 Å². The molecule has 0 aliphatic heterocycles. The fourth-order valence-corrected chi connectivity index (χ4v) is 1.26. The van der Waals surface area contributed by atoms with Gasteiger partial charge < -0.3 is 19.6 Å². The van der Waals surface area contributed by atoms with E-state index in [1.165, 1.54) is 11.1 Å². The van der Waals surface area contributed by atoms with Gasteiger partial charge in [-0.05, 0) is 11.1 Å². The molecule has 2 aromatic rings. The van der Waals surface area contributed by atoms with Crippen LogP contribution in [0.15, 0.2) is 60.7 Å². The molecule has 0 saturated heterocycles. The van der Waals surface area contributed by atoms with E-state index in [-0.39, 0.29) is 0 Å². The predicted octanol–water partition coefficient (Wildman–Crippen LogP) is 2.07. The Morgan fingerprint density at radius 2 is 0.750 bits per heavy atom.